The summed E-state index contributed by atoms with van der Waals surface area (Å²) in [6.07, 6.45) is 2.26. The first-order valence-electron chi connectivity index (χ1n) is 7.34. The van der Waals surface area contributed by atoms with Gasteiger partial charge in [-0.3, -0.25) is 9.59 Å². The number of likely N-dealkylation sites (tertiary alicyclic amines) is 1. The SMILES string of the molecule is O=C(O)C1CC1C(=O)N1CCC(Cc2cccc(O)c2)C1. The highest BCUT2D eigenvalue weighted by Gasteiger charge is 2.50. The molecule has 1 amide bonds. The van der Waals surface area contributed by atoms with Crippen LogP contribution in [0.5, 0.6) is 5.75 Å². The zero-order valence-electron chi connectivity index (χ0n) is 11.7. The molecule has 0 radical (unpaired) electrons. The topological polar surface area (TPSA) is 77.8 Å². The number of aliphatic carboxylic acids is 1. The Balaban J connectivity index is 1.54. The van der Waals surface area contributed by atoms with Crippen molar-refractivity contribution in [1.29, 1.82) is 0 Å². The lowest BCUT2D eigenvalue weighted by molar-refractivity contribution is -0.141. The third kappa shape index (κ3) is 3.01. The van der Waals surface area contributed by atoms with E-state index in [4.69, 9.17) is 5.11 Å². The molecule has 3 rings (SSSR count). The number of hydrogen-bond acceptors (Lipinski definition) is 3. The fraction of sp³-hybridized carbons (Fsp3) is 0.500. The predicted octanol–water partition coefficient (Wildman–Crippen LogP) is 1.50. The van der Waals surface area contributed by atoms with Gasteiger partial charge in [0.2, 0.25) is 5.91 Å². The monoisotopic (exact) mass is 289 g/mol. The quantitative estimate of drug-likeness (QED) is 0.880. The van der Waals surface area contributed by atoms with E-state index in [2.05, 4.69) is 0 Å². The minimum absolute atomic E-state index is 0.000749. The Morgan fingerprint density at radius 1 is 1.29 bits per heavy atom. The molecule has 5 heteroatoms. The summed E-state index contributed by atoms with van der Waals surface area (Å²) in [6, 6.07) is 7.20. The summed E-state index contributed by atoms with van der Waals surface area (Å²) in [5, 5.41) is 18.4. The largest absolute Gasteiger partial charge is 0.508 e. The molecule has 0 aromatic heterocycles. The lowest BCUT2D eigenvalue weighted by Gasteiger charge is -2.16. The molecule has 0 spiro atoms. The fourth-order valence-corrected chi connectivity index (χ4v) is 3.19. The highest BCUT2D eigenvalue weighted by atomic mass is 16.4. The second-order valence-electron chi connectivity index (χ2n) is 6.10. The maximum absolute atomic E-state index is 12.2. The van der Waals surface area contributed by atoms with E-state index in [1.54, 1.807) is 17.0 Å². The number of aromatic hydroxyl groups is 1. The van der Waals surface area contributed by atoms with Crippen molar-refractivity contribution in [3.8, 4) is 5.75 Å². The van der Waals surface area contributed by atoms with E-state index >= 15 is 0 Å². The highest BCUT2D eigenvalue weighted by Crippen LogP contribution is 2.41. The molecule has 1 heterocycles. The summed E-state index contributed by atoms with van der Waals surface area (Å²) in [5.41, 5.74) is 1.07. The van der Waals surface area contributed by atoms with Crippen molar-refractivity contribution in [2.75, 3.05) is 13.1 Å². The van der Waals surface area contributed by atoms with Crippen molar-refractivity contribution >= 4 is 11.9 Å². The Labute approximate surface area is 123 Å². The number of carboxylic acids is 1. The van der Waals surface area contributed by atoms with Gasteiger partial charge in [0, 0.05) is 13.1 Å². The van der Waals surface area contributed by atoms with Crippen LogP contribution in [0.2, 0.25) is 0 Å². The molecule has 2 aliphatic rings. The van der Waals surface area contributed by atoms with Crippen molar-refractivity contribution < 1.29 is 19.8 Å². The summed E-state index contributed by atoms with van der Waals surface area (Å²) in [5.74, 6) is -0.979. The average Bonchev–Trinajstić information content (AvgIpc) is 3.12. The molecule has 0 bridgehead atoms. The Morgan fingerprint density at radius 3 is 2.76 bits per heavy atom. The van der Waals surface area contributed by atoms with Gasteiger partial charge < -0.3 is 15.1 Å². The van der Waals surface area contributed by atoms with Crippen molar-refractivity contribution in [3.63, 3.8) is 0 Å². The minimum atomic E-state index is -0.858. The number of carbonyl (C=O) groups excluding carboxylic acids is 1. The van der Waals surface area contributed by atoms with Gasteiger partial charge in [-0.05, 0) is 42.9 Å². The van der Waals surface area contributed by atoms with Gasteiger partial charge in [0.1, 0.15) is 5.75 Å². The number of carboxylic acid groups (broad SMARTS) is 1. The summed E-state index contributed by atoms with van der Waals surface area (Å²) in [7, 11) is 0. The van der Waals surface area contributed by atoms with E-state index in [1.165, 1.54) is 0 Å². The molecule has 1 aliphatic heterocycles. The van der Waals surface area contributed by atoms with Crippen LogP contribution in [-0.4, -0.2) is 40.1 Å². The fourth-order valence-electron chi connectivity index (χ4n) is 3.19. The van der Waals surface area contributed by atoms with Gasteiger partial charge in [-0.2, -0.15) is 0 Å². The molecular weight excluding hydrogens is 270 g/mol. The van der Waals surface area contributed by atoms with Crippen LogP contribution in [0.25, 0.3) is 0 Å². The van der Waals surface area contributed by atoms with Gasteiger partial charge >= 0.3 is 5.97 Å². The Bertz CT molecular complexity index is 571. The van der Waals surface area contributed by atoms with Crippen molar-refractivity contribution in [1.82, 2.24) is 4.90 Å². The average molecular weight is 289 g/mol. The van der Waals surface area contributed by atoms with E-state index < -0.39 is 11.9 Å². The molecule has 1 aromatic rings. The number of nitrogens with zero attached hydrogens (tertiary/aromatic N) is 1. The molecule has 1 aliphatic carbocycles. The normalized spacial score (nSPS) is 27.6. The summed E-state index contributed by atoms with van der Waals surface area (Å²) >= 11 is 0. The molecule has 21 heavy (non-hydrogen) atoms. The van der Waals surface area contributed by atoms with Crippen LogP contribution in [0, 0.1) is 17.8 Å². The van der Waals surface area contributed by atoms with Crippen LogP contribution in [0.3, 0.4) is 0 Å². The predicted molar refractivity (Wildman–Crippen MR) is 75.7 cm³/mol. The zero-order chi connectivity index (χ0) is 15.0. The lowest BCUT2D eigenvalue weighted by atomic mass is 9.98. The van der Waals surface area contributed by atoms with Crippen LogP contribution in [-0.2, 0) is 16.0 Å². The van der Waals surface area contributed by atoms with Gasteiger partial charge in [0.15, 0.2) is 0 Å². The number of carbonyl (C=O) groups is 2. The maximum Gasteiger partial charge on any atom is 0.307 e. The molecule has 1 saturated heterocycles. The number of phenolic OH excluding ortho intramolecular Hbond substituents is 1. The van der Waals surface area contributed by atoms with E-state index in [0.29, 0.717) is 25.4 Å². The molecule has 3 unspecified atom stereocenters. The second-order valence-corrected chi connectivity index (χ2v) is 6.10. The third-order valence-corrected chi connectivity index (χ3v) is 4.46. The second kappa shape index (κ2) is 5.39. The molecule has 2 N–H and O–H groups in total. The van der Waals surface area contributed by atoms with Gasteiger partial charge in [-0.15, -0.1) is 0 Å². The van der Waals surface area contributed by atoms with Crippen molar-refractivity contribution in [2.24, 2.45) is 17.8 Å². The highest BCUT2D eigenvalue weighted by molar-refractivity contribution is 5.89. The third-order valence-electron chi connectivity index (χ3n) is 4.46. The van der Waals surface area contributed by atoms with Crippen LogP contribution in [0.4, 0.5) is 0 Å². The molecule has 5 nitrogen and oxygen atoms in total. The standard InChI is InChI=1S/C16H19NO4/c18-12-3-1-2-10(7-12)6-11-4-5-17(9-11)15(19)13-8-14(13)16(20)21/h1-3,7,11,13-14,18H,4-6,8-9H2,(H,20,21). The van der Waals surface area contributed by atoms with E-state index in [9.17, 15) is 14.7 Å². The van der Waals surface area contributed by atoms with E-state index in [1.807, 2.05) is 12.1 Å². The van der Waals surface area contributed by atoms with Gasteiger partial charge in [-0.1, -0.05) is 12.1 Å². The van der Waals surface area contributed by atoms with E-state index in [-0.39, 0.29) is 17.6 Å². The maximum atomic E-state index is 12.2. The lowest BCUT2D eigenvalue weighted by Crippen LogP contribution is -2.31. The summed E-state index contributed by atoms with van der Waals surface area (Å²) < 4.78 is 0. The number of hydrogen-bond donors (Lipinski definition) is 2. The number of benzene rings is 1. The van der Waals surface area contributed by atoms with Crippen LogP contribution < -0.4 is 0 Å². The molecule has 1 saturated carbocycles. The van der Waals surface area contributed by atoms with Gasteiger partial charge in [-0.25, -0.2) is 0 Å². The van der Waals surface area contributed by atoms with Crippen molar-refractivity contribution in [2.45, 2.75) is 19.3 Å². The Morgan fingerprint density at radius 2 is 2.10 bits per heavy atom. The molecule has 2 fully saturated rings. The molecule has 112 valence electrons. The van der Waals surface area contributed by atoms with E-state index in [0.717, 1.165) is 18.4 Å². The minimum Gasteiger partial charge on any atom is -0.508 e. The number of rotatable bonds is 4. The van der Waals surface area contributed by atoms with Gasteiger partial charge in [0.25, 0.3) is 0 Å². The van der Waals surface area contributed by atoms with Crippen LogP contribution in [0.15, 0.2) is 24.3 Å². The first-order valence-corrected chi connectivity index (χ1v) is 7.34. The molecule has 3 atom stereocenters. The van der Waals surface area contributed by atoms with Gasteiger partial charge in [0.05, 0.1) is 11.8 Å². The number of phenols is 1. The zero-order valence-corrected chi connectivity index (χ0v) is 11.7. The molecule has 1 aromatic carbocycles. The summed E-state index contributed by atoms with van der Waals surface area (Å²) in [6.45, 7) is 1.41. The first kappa shape index (κ1) is 13.9. The Hall–Kier alpha value is -2.04. The Kier molecular flexibility index (Phi) is 3.57. The summed E-state index contributed by atoms with van der Waals surface area (Å²) in [4.78, 5) is 24.8. The van der Waals surface area contributed by atoms with Crippen LogP contribution in [0.1, 0.15) is 18.4 Å². The molecular formula is C16H19NO4. The first-order chi connectivity index (χ1) is 10.0. The van der Waals surface area contributed by atoms with Crippen molar-refractivity contribution in [3.05, 3.63) is 29.8 Å². The van der Waals surface area contributed by atoms with Crippen LogP contribution >= 0.6 is 0 Å². The number of amides is 1. The smallest absolute Gasteiger partial charge is 0.307 e.